The third-order valence-electron chi connectivity index (χ3n) is 5.40. The van der Waals surface area contributed by atoms with Crippen LogP contribution in [0.2, 0.25) is 0 Å². The van der Waals surface area contributed by atoms with Gasteiger partial charge >= 0.3 is 23.0 Å². The number of benzene rings is 1. The third kappa shape index (κ3) is 12.1. The molecular weight excluding hydrogens is 436 g/mol. The normalized spacial score (nSPS) is 10.0. The van der Waals surface area contributed by atoms with Crippen molar-refractivity contribution in [2.75, 3.05) is 6.61 Å². The Morgan fingerprint density at radius 2 is 1.31 bits per heavy atom. The fourth-order valence-electron chi connectivity index (χ4n) is 3.52. The smallest absolute Gasteiger partial charge is 0.462 e. The average Bonchev–Trinajstić information content (AvgIpc) is 3.54. The largest absolute Gasteiger partial charge is 2.00 e. The van der Waals surface area contributed by atoms with Crippen molar-refractivity contribution in [1.82, 2.24) is 0 Å². The summed E-state index contributed by atoms with van der Waals surface area (Å²) in [6, 6.07) is 25.8. The summed E-state index contributed by atoms with van der Waals surface area (Å²) in [5.74, 6) is -0.213. The number of carbonyl (C=O) groups excluding carboxylic acids is 1. The number of esters is 1. The molecule has 0 fully saturated rings. The van der Waals surface area contributed by atoms with Gasteiger partial charge in [-0.05, 0) is 6.42 Å². The van der Waals surface area contributed by atoms with Crippen molar-refractivity contribution in [3.8, 4) is 11.1 Å². The van der Waals surface area contributed by atoms with Crippen LogP contribution in [0.5, 0.6) is 0 Å². The summed E-state index contributed by atoms with van der Waals surface area (Å²) in [5, 5.41) is 0. The monoisotopic (exact) mass is 474 g/mol. The second kappa shape index (κ2) is 18.5. The molecule has 0 aromatic heterocycles. The maximum atomic E-state index is 12.1. The minimum absolute atomic E-state index is 0. The zero-order valence-electron chi connectivity index (χ0n) is 19.5. The van der Waals surface area contributed by atoms with Crippen LogP contribution in [0.15, 0.2) is 78.9 Å². The van der Waals surface area contributed by atoms with Crippen molar-refractivity contribution >= 4 is 5.97 Å². The molecule has 174 valence electrons. The zero-order chi connectivity index (χ0) is 22.0. The van der Waals surface area contributed by atoms with Crippen molar-refractivity contribution in [1.29, 1.82) is 0 Å². The predicted octanol–water partition coefficient (Wildman–Crippen LogP) is 8.55. The van der Waals surface area contributed by atoms with E-state index in [-0.39, 0.29) is 23.0 Å². The Labute approximate surface area is 205 Å². The molecule has 0 radical (unpaired) electrons. The molecule has 3 aromatic carbocycles. The van der Waals surface area contributed by atoms with E-state index in [1.807, 2.05) is 66.7 Å². The van der Waals surface area contributed by atoms with Gasteiger partial charge in [0.1, 0.15) is 0 Å². The summed E-state index contributed by atoms with van der Waals surface area (Å²) in [5.41, 5.74) is 2.93. The van der Waals surface area contributed by atoms with Crippen LogP contribution in [-0.2, 0) is 21.8 Å². The van der Waals surface area contributed by atoms with Crippen LogP contribution in [0.25, 0.3) is 11.1 Å². The molecule has 3 aromatic rings. The second-order valence-electron chi connectivity index (χ2n) is 8.03. The van der Waals surface area contributed by atoms with Crippen LogP contribution in [0, 0.1) is 0 Å². The number of hydrogen-bond acceptors (Lipinski definition) is 2. The van der Waals surface area contributed by atoms with E-state index < -0.39 is 0 Å². The van der Waals surface area contributed by atoms with Crippen LogP contribution >= 0.6 is 0 Å². The molecule has 32 heavy (non-hydrogen) atoms. The van der Waals surface area contributed by atoms with Gasteiger partial charge in [0, 0.05) is 5.56 Å². The van der Waals surface area contributed by atoms with Gasteiger partial charge in [0.25, 0.3) is 0 Å². The van der Waals surface area contributed by atoms with Crippen LogP contribution < -0.4 is 0 Å². The minimum atomic E-state index is -0.213. The van der Waals surface area contributed by atoms with Crippen LogP contribution in [0.4, 0.5) is 0 Å². The molecule has 0 saturated carbocycles. The first kappa shape index (κ1) is 27.9. The first-order valence-electron chi connectivity index (χ1n) is 12.0. The summed E-state index contributed by atoms with van der Waals surface area (Å²) in [6.45, 7) is 2.78. The topological polar surface area (TPSA) is 26.3 Å². The average molecular weight is 474 g/mol. The van der Waals surface area contributed by atoms with Crippen molar-refractivity contribution in [2.45, 2.75) is 71.1 Å². The zero-order valence-corrected chi connectivity index (χ0v) is 20.6. The van der Waals surface area contributed by atoms with E-state index in [1.165, 1.54) is 56.9 Å². The molecule has 0 bridgehead atoms. The van der Waals surface area contributed by atoms with E-state index in [0.29, 0.717) is 12.2 Å². The maximum absolute atomic E-state index is 12.1. The molecule has 0 N–H and O–H groups in total. The molecule has 0 spiro atoms. The Balaban J connectivity index is 0.000000750. The van der Waals surface area contributed by atoms with Gasteiger partial charge in [-0.3, -0.25) is 0 Å². The Morgan fingerprint density at radius 3 is 1.81 bits per heavy atom. The molecule has 3 rings (SSSR count). The Kier molecular flexibility index (Phi) is 16.1. The van der Waals surface area contributed by atoms with Crippen molar-refractivity contribution in [3.63, 3.8) is 0 Å². The van der Waals surface area contributed by atoms with Gasteiger partial charge in [-0.2, -0.15) is 30.3 Å². The number of hydrogen-bond donors (Lipinski definition) is 0. The molecule has 3 heteroatoms. The molecule has 0 unspecified atom stereocenters. The molecule has 2 nitrogen and oxygen atoms in total. The van der Waals surface area contributed by atoms with Crippen LogP contribution in [0.1, 0.15) is 81.5 Å². The van der Waals surface area contributed by atoms with E-state index >= 15 is 0 Å². The van der Waals surface area contributed by atoms with E-state index in [0.717, 1.165) is 18.4 Å². The molecule has 0 heterocycles. The van der Waals surface area contributed by atoms with Crippen LogP contribution in [-0.4, -0.2) is 12.6 Å². The molecule has 0 saturated heterocycles. The molecular formula is C29H38FeO2. The van der Waals surface area contributed by atoms with Crippen LogP contribution in [0.3, 0.4) is 0 Å². The fraction of sp³-hybridized carbons (Fsp3) is 0.414. The van der Waals surface area contributed by atoms with E-state index in [4.69, 9.17) is 4.74 Å². The van der Waals surface area contributed by atoms with Gasteiger partial charge in [-0.15, -0.1) is 29.8 Å². The summed E-state index contributed by atoms with van der Waals surface area (Å²) >= 11 is 0. The van der Waals surface area contributed by atoms with E-state index in [1.54, 1.807) is 0 Å². The van der Waals surface area contributed by atoms with E-state index in [9.17, 15) is 4.79 Å². The number of ether oxygens (including phenoxy) is 1. The van der Waals surface area contributed by atoms with Crippen molar-refractivity contribution in [3.05, 3.63) is 84.4 Å². The van der Waals surface area contributed by atoms with Gasteiger partial charge in [-0.1, -0.05) is 82.4 Å². The SMILES string of the molecule is CCCCCCCCCCCCOC(=O)c1ccc(-[c-]2cccc2)cc1.[Fe+2].c1cc[cH-]c1. The number of unbranched alkanes of at least 4 members (excludes halogenated alkanes) is 9. The molecule has 0 atom stereocenters. The molecule has 0 aliphatic rings. The van der Waals surface area contributed by atoms with Gasteiger partial charge < -0.3 is 4.74 Å². The second-order valence-corrected chi connectivity index (χ2v) is 8.03. The molecule has 0 aliphatic carbocycles. The third-order valence-corrected chi connectivity index (χ3v) is 5.40. The Hall–Kier alpha value is -2.09. The maximum Gasteiger partial charge on any atom is 2.00 e. The summed E-state index contributed by atoms with van der Waals surface area (Å²) < 4.78 is 5.39. The van der Waals surface area contributed by atoms with Gasteiger partial charge in [0.15, 0.2) is 0 Å². The van der Waals surface area contributed by atoms with Crippen molar-refractivity contribution < 1.29 is 26.6 Å². The molecule has 0 amide bonds. The first-order valence-corrected chi connectivity index (χ1v) is 12.0. The quantitative estimate of drug-likeness (QED) is 0.107. The van der Waals surface area contributed by atoms with Gasteiger partial charge in [-0.25, -0.2) is 16.9 Å². The fourth-order valence-corrected chi connectivity index (χ4v) is 3.52. The van der Waals surface area contributed by atoms with Gasteiger partial charge in [0.05, 0.1) is 6.61 Å². The summed E-state index contributed by atoms with van der Waals surface area (Å²) in [7, 11) is 0. The minimum Gasteiger partial charge on any atom is -0.462 e. The Morgan fingerprint density at radius 1 is 0.781 bits per heavy atom. The summed E-state index contributed by atoms with van der Waals surface area (Å²) in [4.78, 5) is 12.1. The van der Waals surface area contributed by atoms with Crippen molar-refractivity contribution in [2.24, 2.45) is 0 Å². The van der Waals surface area contributed by atoms with E-state index in [2.05, 4.69) is 19.1 Å². The number of carbonyl (C=O) groups is 1. The summed E-state index contributed by atoms with van der Waals surface area (Å²) in [6.07, 6.45) is 12.9. The van der Waals surface area contributed by atoms with Gasteiger partial charge in [0.2, 0.25) is 0 Å². The predicted molar refractivity (Wildman–Crippen MR) is 132 cm³/mol. The molecule has 0 aliphatic heterocycles. The first-order chi connectivity index (χ1) is 15.3. The standard InChI is InChI=1S/C24H33O2.C5H5.Fe/c1-2-3-4-5-6-7-8-9-10-13-20-26-24(25)23-18-16-22(17-19-23)21-14-11-12-15-21;1-2-4-5-3-1;/h11-12,14-19H,2-10,13,20H2,1H3;1-5H;/q2*-1;+2. The number of rotatable bonds is 13. The Bertz CT molecular complexity index is 756.